The van der Waals surface area contributed by atoms with Gasteiger partial charge in [-0.15, -0.1) is 24.0 Å². The minimum atomic E-state index is -0.0221. The molecule has 1 aromatic heterocycles. The normalized spacial score (nSPS) is 11.7. The summed E-state index contributed by atoms with van der Waals surface area (Å²) in [5, 5.41) is 6.70. The zero-order valence-corrected chi connectivity index (χ0v) is 15.8. The summed E-state index contributed by atoms with van der Waals surface area (Å²) in [5.74, 6) is 0.794. The molecule has 1 aromatic carbocycles. The number of para-hydroxylation sites is 1. The van der Waals surface area contributed by atoms with Crippen LogP contribution >= 0.6 is 24.0 Å². The SMILES string of the molecule is CN=C(NCc1ccccc1-n1ccnc1)NC(C)(C)C.I. The van der Waals surface area contributed by atoms with Gasteiger partial charge >= 0.3 is 0 Å². The topological polar surface area (TPSA) is 54.2 Å². The number of nitrogens with zero attached hydrogens (tertiary/aromatic N) is 3. The summed E-state index contributed by atoms with van der Waals surface area (Å²) in [4.78, 5) is 8.36. The number of imidazole rings is 1. The van der Waals surface area contributed by atoms with Crippen molar-refractivity contribution in [2.75, 3.05) is 7.05 Å². The van der Waals surface area contributed by atoms with Crippen LogP contribution in [-0.2, 0) is 6.54 Å². The minimum Gasteiger partial charge on any atom is -0.352 e. The fourth-order valence-corrected chi connectivity index (χ4v) is 2.03. The van der Waals surface area contributed by atoms with E-state index in [2.05, 4.69) is 53.5 Å². The van der Waals surface area contributed by atoms with Gasteiger partial charge in [0.1, 0.15) is 0 Å². The van der Waals surface area contributed by atoms with Crippen LogP contribution in [0.25, 0.3) is 5.69 Å². The molecule has 0 aliphatic rings. The van der Waals surface area contributed by atoms with Gasteiger partial charge in [0.2, 0.25) is 0 Å². The zero-order valence-electron chi connectivity index (χ0n) is 13.5. The highest BCUT2D eigenvalue weighted by Gasteiger charge is 2.12. The number of aliphatic imine (C=N–C) groups is 1. The van der Waals surface area contributed by atoms with E-state index in [1.807, 2.05) is 22.9 Å². The summed E-state index contributed by atoms with van der Waals surface area (Å²) in [6.45, 7) is 7.03. The van der Waals surface area contributed by atoms with E-state index in [9.17, 15) is 0 Å². The van der Waals surface area contributed by atoms with Crippen molar-refractivity contribution in [3.8, 4) is 5.69 Å². The fourth-order valence-electron chi connectivity index (χ4n) is 2.03. The maximum Gasteiger partial charge on any atom is 0.191 e. The highest BCUT2D eigenvalue weighted by molar-refractivity contribution is 14.0. The van der Waals surface area contributed by atoms with Crippen molar-refractivity contribution < 1.29 is 0 Å². The molecule has 22 heavy (non-hydrogen) atoms. The Morgan fingerprint density at radius 1 is 1.27 bits per heavy atom. The second-order valence-corrected chi connectivity index (χ2v) is 5.90. The average Bonchev–Trinajstić information content (AvgIpc) is 2.96. The van der Waals surface area contributed by atoms with Crippen molar-refractivity contribution in [2.24, 2.45) is 4.99 Å². The average molecular weight is 413 g/mol. The van der Waals surface area contributed by atoms with E-state index in [4.69, 9.17) is 0 Å². The summed E-state index contributed by atoms with van der Waals surface area (Å²) < 4.78 is 2.01. The van der Waals surface area contributed by atoms with Crippen LogP contribution in [0.2, 0.25) is 0 Å². The Balaban J connectivity index is 0.00000242. The van der Waals surface area contributed by atoms with Crippen LogP contribution in [0.4, 0.5) is 0 Å². The molecule has 120 valence electrons. The first-order chi connectivity index (χ1) is 9.99. The van der Waals surface area contributed by atoms with Gasteiger partial charge in [-0.2, -0.15) is 0 Å². The van der Waals surface area contributed by atoms with Gasteiger partial charge < -0.3 is 15.2 Å². The van der Waals surface area contributed by atoms with Crippen LogP contribution in [-0.4, -0.2) is 28.1 Å². The Hall–Kier alpha value is -1.57. The third-order valence-electron chi connectivity index (χ3n) is 2.94. The van der Waals surface area contributed by atoms with Crippen LogP contribution in [0.3, 0.4) is 0 Å². The van der Waals surface area contributed by atoms with Gasteiger partial charge in [-0.3, -0.25) is 4.99 Å². The highest BCUT2D eigenvalue weighted by Crippen LogP contribution is 2.13. The van der Waals surface area contributed by atoms with Gasteiger partial charge in [0, 0.05) is 31.5 Å². The molecule has 1 heterocycles. The van der Waals surface area contributed by atoms with Gasteiger partial charge in [-0.05, 0) is 32.4 Å². The molecular formula is C16H24IN5. The van der Waals surface area contributed by atoms with Crippen molar-refractivity contribution in [2.45, 2.75) is 32.9 Å². The molecular weight excluding hydrogens is 389 g/mol. The lowest BCUT2D eigenvalue weighted by Gasteiger charge is -2.24. The first kappa shape index (κ1) is 18.5. The number of halogens is 1. The Kier molecular flexibility index (Phi) is 6.86. The molecule has 5 nitrogen and oxygen atoms in total. The molecule has 0 radical (unpaired) electrons. The lowest BCUT2D eigenvalue weighted by Crippen LogP contribution is -2.47. The van der Waals surface area contributed by atoms with Crippen LogP contribution < -0.4 is 10.6 Å². The molecule has 0 aliphatic carbocycles. The second kappa shape index (κ2) is 8.17. The van der Waals surface area contributed by atoms with E-state index >= 15 is 0 Å². The van der Waals surface area contributed by atoms with E-state index in [1.165, 1.54) is 5.56 Å². The first-order valence-corrected chi connectivity index (χ1v) is 7.05. The van der Waals surface area contributed by atoms with E-state index in [0.29, 0.717) is 6.54 Å². The van der Waals surface area contributed by atoms with Gasteiger partial charge in [0.05, 0.1) is 12.0 Å². The van der Waals surface area contributed by atoms with Crippen LogP contribution in [0.15, 0.2) is 48.0 Å². The third-order valence-corrected chi connectivity index (χ3v) is 2.94. The molecule has 0 bridgehead atoms. The van der Waals surface area contributed by atoms with E-state index < -0.39 is 0 Å². The maximum absolute atomic E-state index is 4.26. The van der Waals surface area contributed by atoms with Gasteiger partial charge in [0.15, 0.2) is 5.96 Å². The Morgan fingerprint density at radius 2 is 2.00 bits per heavy atom. The highest BCUT2D eigenvalue weighted by atomic mass is 127. The van der Waals surface area contributed by atoms with E-state index in [1.54, 1.807) is 19.6 Å². The summed E-state index contributed by atoms with van der Waals surface area (Å²) in [6, 6.07) is 8.25. The monoisotopic (exact) mass is 413 g/mol. The fraction of sp³-hybridized carbons (Fsp3) is 0.375. The molecule has 0 amide bonds. The molecule has 2 rings (SSSR count). The van der Waals surface area contributed by atoms with Crippen molar-refractivity contribution in [1.82, 2.24) is 20.2 Å². The zero-order chi connectivity index (χ0) is 15.3. The van der Waals surface area contributed by atoms with Crippen molar-refractivity contribution in [1.29, 1.82) is 0 Å². The number of guanidine groups is 1. The molecule has 0 saturated carbocycles. The lowest BCUT2D eigenvalue weighted by atomic mass is 10.1. The van der Waals surface area contributed by atoms with E-state index in [0.717, 1.165) is 11.6 Å². The molecule has 6 heteroatoms. The van der Waals surface area contributed by atoms with Crippen LogP contribution in [0.5, 0.6) is 0 Å². The Labute approximate surface area is 149 Å². The predicted molar refractivity (Wildman–Crippen MR) is 102 cm³/mol. The van der Waals surface area contributed by atoms with Crippen molar-refractivity contribution in [3.63, 3.8) is 0 Å². The standard InChI is InChI=1S/C16H23N5.HI/c1-16(2,3)20-15(17-4)19-11-13-7-5-6-8-14(13)21-10-9-18-12-21;/h5-10,12H,11H2,1-4H3,(H2,17,19,20);1H. The summed E-state index contributed by atoms with van der Waals surface area (Å²) in [7, 11) is 1.78. The lowest BCUT2D eigenvalue weighted by molar-refractivity contribution is 0.501. The van der Waals surface area contributed by atoms with Gasteiger partial charge in [-0.1, -0.05) is 18.2 Å². The van der Waals surface area contributed by atoms with Crippen molar-refractivity contribution >= 4 is 29.9 Å². The maximum atomic E-state index is 4.26. The summed E-state index contributed by atoms with van der Waals surface area (Å²) in [5.41, 5.74) is 2.28. The first-order valence-electron chi connectivity index (χ1n) is 7.05. The Morgan fingerprint density at radius 3 is 2.59 bits per heavy atom. The third kappa shape index (κ3) is 5.32. The molecule has 0 atom stereocenters. The van der Waals surface area contributed by atoms with E-state index in [-0.39, 0.29) is 29.5 Å². The smallest absolute Gasteiger partial charge is 0.191 e. The van der Waals surface area contributed by atoms with Gasteiger partial charge in [0.25, 0.3) is 0 Å². The molecule has 0 unspecified atom stereocenters. The largest absolute Gasteiger partial charge is 0.352 e. The summed E-state index contributed by atoms with van der Waals surface area (Å²) >= 11 is 0. The van der Waals surface area contributed by atoms with Crippen LogP contribution in [0.1, 0.15) is 26.3 Å². The number of aromatic nitrogens is 2. The molecule has 2 aromatic rings. The minimum absolute atomic E-state index is 0. The second-order valence-electron chi connectivity index (χ2n) is 5.90. The molecule has 2 N–H and O–H groups in total. The quantitative estimate of drug-likeness (QED) is 0.462. The van der Waals surface area contributed by atoms with Crippen LogP contribution in [0, 0.1) is 0 Å². The predicted octanol–water partition coefficient (Wildman–Crippen LogP) is 2.95. The number of rotatable bonds is 3. The van der Waals surface area contributed by atoms with Gasteiger partial charge in [-0.25, -0.2) is 4.98 Å². The number of hydrogen-bond acceptors (Lipinski definition) is 2. The number of benzene rings is 1. The molecule has 0 saturated heterocycles. The number of nitrogens with one attached hydrogen (secondary N) is 2. The van der Waals surface area contributed by atoms with Crippen molar-refractivity contribution in [3.05, 3.63) is 48.5 Å². The summed E-state index contributed by atoms with van der Waals surface area (Å²) in [6.07, 6.45) is 5.53. The number of hydrogen-bond donors (Lipinski definition) is 2. The molecule has 0 fully saturated rings. The Bertz CT molecular complexity index is 599. The molecule has 0 aliphatic heterocycles. The molecule has 0 spiro atoms.